The SMILES string of the molecule is CCCCCCCCCCCCCCCCCCCCCCCCCCCC/C=C/CC/C=C/C(O)C(COC1OC(CO)C(OC2OC(CO)C(O)C(O)C2O)C(O)C1O)NC(=O)CCCCCCCCCCCCCCC. The summed E-state index contributed by atoms with van der Waals surface area (Å²) in [7, 11) is 0. The Morgan fingerprint density at radius 2 is 0.810 bits per heavy atom. The minimum Gasteiger partial charge on any atom is -0.394 e. The van der Waals surface area contributed by atoms with Crippen molar-refractivity contribution in [2.45, 2.75) is 364 Å². The van der Waals surface area contributed by atoms with E-state index in [1.54, 1.807) is 6.08 Å². The molecule has 2 aliphatic rings. The molecule has 14 nitrogen and oxygen atoms in total. The van der Waals surface area contributed by atoms with Crippen LogP contribution in [0.4, 0.5) is 0 Å². The zero-order valence-electron chi connectivity index (χ0n) is 50.4. The lowest BCUT2D eigenvalue weighted by Gasteiger charge is -2.46. The Labute approximate surface area is 481 Å². The third kappa shape index (κ3) is 36.0. The second-order valence-electron chi connectivity index (χ2n) is 23.6. The quantitative estimate of drug-likeness (QED) is 0.0204. The van der Waals surface area contributed by atoms with Crippen molar-refractivity contribution in [1.82, 2.24) is 5.32 Å². The molecule has 0 aliphatic carbocycles. The van der Waals surface area contributed by atoms with E-state index in [-0.39, 0.29) is 18.9 Å². The van der Waals surface area contributed by atoms with E-state index >= 15 is 0 Å². The molecule has 1 amide bonds. The number of nitrogens with one attached hydrogen (secondary N) is 1. The molecule has 0 spiro atoms. The average molecular weight is 1130 g/mol. The third-order valence-corrected chi connectivity index (χ3v) is 16.4. The van der Waals surface area contributed by atoms with E-state index in [9.17, 15) is 45.6 Å². The molecule has 0 bridgehead atoms. The highest BCUT2D eigenvalue weighted by molar-refractivity contribution is 5.76. The highest BCUT2D eigenvalue weighted by atomic mass is 16.7. The molecule has 466 valence electrons. The van der Waals surface area contributed by atoms with Gasteiger partial charge in [-0.15, -0.1) is 0 Å². The van der Waals surface area contributed by atoms with Crippen LogP contribution in [0, 0.1) is 0 Å². The van der Waals surface area contributed by atoms with Gasteiger partial charge >= 0.3 is 0 Å². The van der Waals surface area contributed by atoms with Crippen molar-refractivity contribution in [2.24, 2.45) is 0 Å². The molecule has 2 aliphatic heterocycles. The molecule has 2 saturated heterocycles. The Balaban J connectivity index is 1.66. The zero-order chi connectivity index (χ0) is 57.4. The molecular weight excluding hydrogens is 1000 g/mol. The van der Waals surface area contributed by atoms with Crippen LogP contribution >= 0.6 is 0 Å². The summed E-state index contributed by atoms with van der Waals surface area (Å²) in [6, 6.07) is -0.927. The molecule has 2 fully saturated rings. The van der Waals surface area contributed by atoms with Crippen molar-refractivity contribution in [3.05, 3.63) is 24.3 Å². The fourth-order valence-electron chi connectivity index (χ4n) is 11.1. The molecule has 0 aromatic rings. The van der Waals surface area contributed by atoms with Gasteiger partial charge in [0.15, 0.2) is 12.6 Å². The molecule has 79 heavy (non-hydrogen) atoms. The van der Waals surface area contributed by atoms with Gasteiger partial charge < -0.3 is 65.1 Å². The Morgan fingerprint density at radius 1 is 0.443 bits per heavy atom. The number of aliphatic hydroxyl groups is 8. The maximum absolute atomic E-state index is 13.2. The van der Waals surface area contributed by atoms with Gasteiger partial charge in [0.05, 0.1) is 32.0 Å². The molecule has 0 aromatic carbocycles. The van der Waals surface area contributed by atoms with Gasteiger partial charge in [-0.05, 0) is 32.1 Å². The van der Waals surface area contributed by atoms with E-state index in [4.69, 9.17) is 18.9 Å². The number of allylic oxidation sites excluding steroid dienone is 3. The van der Waals surface area contributed by atoms with E-state index in [2.05, 4.69) is 31.3 Å². The number of hydrogen-bond acceptors (Lipinski definition) is 13. The number of ether oxygens (including phenoxy) is 4. The second-order valence-corrected chi connectivity index (χ2v) is 23.6. The Hall–Kier alpha value is -1.53. The highest BCUT2D eigenvalue weighted by Crippen LogP contribution is 2.30. The first-order valence-corrected chi connectivity index (χ1v) is 33.1. The molecule has 0 saturated carbocycles. The van der Waals surface area contributed by atoms with E-state index in [0.717, 1.165) is 32.1 Å². The van der Waals surface area contributed by atoms with Crippen molar-refractivity contribution >= 4 is 5.91 Å². The lowest BCUT2D eigenvalue weighted by atomic mass is 9.97. The van der Waals surface area contributed by atoms with Gasteiger partial charge in [-0.1, -0.05) is 276 Å². The number of carbonyl (C=O) groups is 1. The average Bonchev–Trinajstić information content (AvgIpc) is 3.53. The number of unbranched alkanes of at least 4 members (excludes halogenated alkanes) is 39. The lowest BCUT2D eigenvalue weighted by Crippen LogP contribution is -2.65. The number of hydrogen-bond donors (Lipinski definition) is 9. The van der Waals surface area contributed by atoms with Gasteiger partial charge in [-0.2, -0.15) is 0 Å². The first-order chi connectivity index (χ1) is 38.6. The van der Waals surface area contributed by atoms with Gasteiger partial charge in [0.1, 0.15) is 48.8 Å². The molecule has 2 rings (SSSR count). The van der Waals surface area contributed by atoms with Gasteiger partial charge in [-0.25, -0.2) is 0 Å². The molecule has 9 N–H and O–H groups in total. The Kier molecular flexibility index (Phi) is 47.4. The van der Waals surface area contributed by atoms with E-state index < -0.39 is 86.8 Å². The fraction of sp³-hybridized carbons (Fsp3) is 0.923. The summed E-state index contributed by atoms with van der Waals surface area (Å²) in [5.41, 5.74) is 0. The molecule has 0 radical (unpaired) electrons. The normalized spacial score (nSPS) is 24.5. The summed E-state index contributed by atoms with van der Waals surface area (Å²) in [6.07, 6.45) is 45.4. The minimum absolute atomic E-state index is 0.246. The van der Waals surface area contributed by atoms with E-state index in [0.29, 0.717) is 12.8 Å². The number of rotatable bonds is 54. The van der Waals surface area contributed by atoms with Crippen LogP contribution in [0.5, 0.6) is 0 Å². The summed E-state index contributed by atoms with van der Waals surface area (Å²) in [4.78, 5) is 13.2. The van der Waals surface area contributed by atoms with E-state index in [1.807, 2.05) is 6.08 Å². The standard InChI is InChI=1S/C65H123NO13/c1-3-5-7-9-11-13-15-17-18-19-20-21-22-23-24-25-26-27-28-29-30-31-32-33-34-35-37-38-40-42-44-46-48-54(69)53(66-57(70)49-47-45-43-41-39-36-16-14-12-10-8-6-4-2)52-76-64-62(75)60(73)63(56(51-68)78-64)79-65-61(74)59(72)58(71)55(50-67)77-65/h38,40,46,48,53-56,58-65,67-69,71-75H,3-37,39,41-45,47,49-52H2,1-2H3,(H,66,70)/b40-38+,48-46+. The molecular formula is C65H123NO13. The Bertz CT molecular complexity index is 1420. The number of aliphatic hydroxyl groups excluding tert-OH is 8. The van der Waals surface area contributed by atoms with Crippen LogP contribution in [0.25, 0.3) is 0 Å². The van der Waals surface area contributed by atoms with Crippen molar-refractivity contribution in [3.8, 4) is 0 Å². The first-order valence-electron chi connectivity index (χ1n) is 33.1. The first kappa shape index (κ1) is 73.6. The van der Waals surface area contributed by atoms with Crippen molar-refractivity contribution < 1.29 is 64.6 Å². The Morgan fingerprint density at radius 3 is 1.24 bits per heavy atom. The zero-order valence-corrected chi connectivity index (χ0v) is 50.4. The second kappa shape index (κ2) is 50.9. The van der Waals surface area contributed by atoms with Crippen molar-refractivity contribution in [3.63, 3.8) is 0 Å². The number of amides is 1. The molecule has 12 atom stereocenters. The van der Waals surface area contributed by atoms with E-state index in [1.165, 1.54) is 225 Å². The summed E-state index contributed by atoms with van der Waals surface area (Å²) >= 11 is 0. The van der Waals surface area contributed by atoms with Gasteiger partial charge in [-0.3, -0.25) is 4.79 Å². The van der Waals surface area contributed by atoms with Crippen LogP contribution in [-0.2, 0) is 23.7 Å². The monoisotopic (exact) mass is 1130 g/mol. The molecule has 12 unspecified atom stereocenters. The van der Waals surface area contributed by atoms with Crippen LogP contribution in [0.2, 0.25) is 0 Å². The van der Waals surface area contributed by atoms with Crippen LogP contribution < -0.4 is 5.32 Å². The van der Waals surface area contributed by atoms with Crippen molar-refractivity contribution in [1.29, 1.82) is 0 Å². The lowest BCUT2D eigenvalue weighted by molar-refractivity contribution is -0.359. The van der Waals surface area contributed by atoms with Gasteiger partial charge in [0.25, 0.3) is 0 Å². The third-order valence-electron chi connectivity index (χ3n) is 16.4. The summed E-state index contributed by atoms with van der Waals surface area (Å²) in [5, 5.41) is 87.1. The maximum atomic E-state index is 13.2. The molecule has 14 heteroatoms. The van der Waals surface area contributed by atoms with Crippen LogP contribution in [0.1, 0.15) is 290 Å². The topological polar surface area (TPSA) is 228 Å². The number of carbonyl (C=O) groups excluding carboxylic acids is 1. The predicted molar refractivity (Wildman–Crippen MR) is 318 cm³/mol. The predicted octanol–water partition coefficient (Wildman–Crippen LogP) is 12.4. The summed E-state index contributed by atoms with van der Waals surface area (Å²) in [6.45, 7) is 2.81. The molecule has 0 aromatic heterocycles. The van der Waals surface area contributed by atoms with Gasteiger partial charge in [0.2, 0.25) is 5.91 Å². The van der Waals surface area contributed by atoms with Crippen LogP contribution in [0.15, 0.2) is 24.3 Å². The van der Waals surface area contributed by atoms with Crippen LogP contribution in [-0.4, -0.2) is 140 Å². The van der Waals surface area contributed by atoms with Crippen molar-refractivity contribution in [2.75, 3.05) is 19.8 Å². The summed E-state index contributed by atoms with van der Waals surface area (Å²) < 4.78 is 22.8. The largest absolute Gasteiger partial charge is 0.394 e. The summed E-state index contributed by atoms with van der Waals surface area (Å²) in [5.74, 6) is -0.246. The minimum atomic E-state index is -1.79. The molecule has 2 heterocycles. The highest BCUT2D eigenvalue weighted by Gasteiger charge is 2.51. The van der Waals surface area contributed by atoms with Gasteiger partial charge in [0, 0.05) is 6.42 Å². The maximum Gasteiger partial charge on any atom is 0.220 e. The smallest absolute Gasteiger partial charge is 0.220 e. The van der Waals surface area contributed by atoms with Crippen LogP contribution in [0.3, 0.4) is 0 Å². The fourth-order valence-corrected chi connectivity index (χ4v) is 11.1.